The van der Waals surface area contributed by atoms with Gasteiger partial charge in [0, 0.05) is 6.04 Å². The molecule has 1 amide bonds. The standard InChI is InChI=1S/C24H28N2O5/c1-16(25-21(24(30)31)12-11-17-7-3-2-4-8-17)23(29)26(15-22(27)28)20-13-18-9-5-6-10-19(18)14-20/h2-10,16,20-21,25H,11-15H2,1H3,(H,27,28)(H,30,31)/t16-,21?/m0/s1. The van der Waals surface area contributed by atoms with Crippen LogP contribution in [0.4, 0.5) is 0 Å². The van der Waals surface area contributed by atoms with Crippen LogP contribution in [0.1, 0.15) is 30.0 Å². The van der Waals surface area contributed by atoms with Crippen LogP contribution in [0.3, 0.4) is 0 Å². The van der Waals surface area contributed by atoms with Gasteiger partial charge in [-0.05, 0) is 49.3 Å². The Kier molecular flexibility index (Phi) is 7.41. The molecule has 2 atom stereocenters. The summed E-state index contributed by atoms with van der Waals surface area (Å²) in [5.74, 6) is -2.52. The summed E-state index contributed by atoms with van der Waals surface area (Å²) in [6.45, 7) is 1.18. The molecule has 0 heterocycles. The Morgan fingerprint density at radius 3 is 2.13 bits per heavy atom. The molecule has 1 aliphatic carbocycles. The fourth-order valence-electron chi connectivity index (χ4n) is 4.14. The summed E-state index contributed by atoms with van der Waals surface area (Å²) in [5, 5.41) is 21.9. The van der Waals surface area contributed by atoms with Gasteiger partial charge in [-0.25, -0.2) is 0 Å². The Balaban J connectivity index is 1.66. The van der Waals surface area contributed by atoms with Crippen molar-refractivity contribution in [1.82, 2.24) is 10.2 Å². The molecule has 2 aromatic rings. The third-order valence-corrected chi connectivity index (χ3v) is 5.74. The molecule has 0 saturated carbocycles. The van der Waals surface area contributed by atoms with Crippen molar-refractivity contribution in [3.63, 3.8) is 0 Å². The number of carbonyl (C=O) groups is 3. The van der Waals surface area contributed by atoms with Crippen molar-refractivity contribution >= 4 is 17.8 Å². The molecule has 31 heavy (non-hydrogen) atoms. The maximum absolute atomic E-state index is 13.2. The Bertz CT molecular complexity index is 906. The molecule has 164 valence electrons. The van der Waals surface area contributed by atoms with Crippen molar-refractivity contribution in [2.24, 2.45) is 0 Å². The zero-order valence-corrected chi connectivity index (χ0v) is 17.5. The third-order valence-electron chi connectivity index (χ3n) is 5.74. The average Bonchev–Trinajstić information content (AvgIpc) is 3.18. The minimum Gasteiger partial charge on any atom is -0.480 e. The van der Waals surface area contributed by atoms with Crippen LogP contribution in [-0.4, -0.2) is 57.6 Å². The number of carboxylic acids is 2. The highest BCUT2D eigenvalue weighted by Gasteiger charge is 2.34. The van der Waals surface area contributed by atoms with Gasteiger partial charge in [0.25, 0.3) is 0 Å². The number of carbonyl (C=O) groups excluding carboxylic acids is 1. The first-order valence-electron chi connectivity index (χ1n) is 10.5. The lowest BCUT2D eigenvalue weighted by Crippen LogP contribution is -2.54. The van der Waals surface area contributed by atoms with E-state index in [4.69, 9.17) is 0 Å². The third kappa shape index (κ3) is 5.92. The van der Waals surface area contributed by atoms with E-state index in [9.17, 15) is 24.6 Å². The van der Waals surface area contributed by atoms with Crippen molar-refractivity contribution < 1.29 is 24.6 Å². The number of hydrogen-bond acceptors (Lipinski definition) is 4. The summed E-state index contributed by atoms with van der Waals surface area (Å²) in [6.07, 6.45) is 2.07. The van der Waals surface area contributed by atoms with Crippen molar-refractivity contribution in [3.8, 4) is 0 Å². The van der Waals surface area contributed by atoms with Gasteiger partial charge in [-0.1, -0.05) is 54.6 Å². The Morgan fingerprint density at radius 1 is 1.00 bits per heavy atom. The number of aryl methyl sites for hydroxylation is 1. The minimum atomic E-state index is -1.09. The largest absolute Gasteiger partial charge is 0.480 e. The molecule has 3 rings (SSSR count). The maximum atomic E-state index is 13.2. The highest BCUT2D eigenvalue weighted by Crippen LogP contribution is 2.26. The van der Waals surface area contributed by atoms with Crippen LogP contribution in [-0.2, 0) is 33.6 Å². The number of hydrogen-bond donors (Lipinski definition) is 3. The second kappa shape index (κ2) is 10.2. The predicted molar refractivity (Wildman–Crippen MR) is 116 cm³/mol. The number of nitrogens with one attached hydrogen (secondary N) is 1. The Hall–Kier alpha value is -3.19. The molecule has 2 aromatic carbocycles. The lowest BCUT2D eigenvalue weighted by Gasteiger charge is -2.31. The van der Waals surface area contributed by atoms with Gasteiger partial charge in [-0.3, -0.25) is 19.7 Å². The van der Waals surface area contributed by atoms with E-state index in [2.05, 4.69) is 5.32 Å². The van der Waals surface area contributed by atoms with E-state index in [1.165, 1.54) is 4.90 Å². The van der Waals surface area contributed by atoms with Crippen LogP contribution in [0.25, 0.3) is 0 Å². The van der Waals surface area contributed by atoms with E-state index >= 15 is 0 Å². The molecule has 0 aromatic heterocycles. The van der Waals surface area contributed by atoms with Gasteiger partial charge in [0.15, 0.2) is 0 Å². The number of amides is 1. The van der Waals surface area contributed by atoms with E-state index in [0.717, 1.165) is 16.7 Å². The lowest BCUT2D eigenvalue weighted by molar-refractivity contribution is -0.148. The molecule has 0 radical (unpaired) electrons. The number of carboxylic acid groups (broad SMARTS) is 2. The molecule has 0 spiro atoms. The second-order valence-electron chi connectivity index (χ2n) is 7.99. The molecule has 7 nitrogen and oxygen atoms in total. The van der Waals surface area contributed by atoms with Crippen LogP contribution >= 0.6 is 0 Å². The maximum Gasteiger partial charge on any atom is 0.323 e. The zero-order chi connectivity index (χ0) is 22.4. The van der Waals surface area contributed by atoms with Gasteiger partial charge >= 0.3 is 11.9 Å². The number of benzene rings is 2. The smallest absolute Gasteiger partial charge is 0.323 e. The highest BCUT2D eigenvalue weighted by molar-refractivity contribution is 5.86. The zero-order valence-electron chi connectivity index (χ0n) is 17.5. The first kappa shape index (κ1) is 22.5. The average molecular weight is 424 g/mol. The summed E-state index contributed by atoms with van der Waals surface area (Å²) >= 11 is 0. The number of rotatable bonds is 10. The summed E-state index contributed by atoms with van der Waals surface area (Å²) in [5.41, 5.74) is 3.25. The normalized spacial score (nSPS) is 15.1. The summed E-state index contributed by atoms with van der Waals surface area (Å²) in [4.78, 5) is 37.7. The molecule has 1 unspecified atom stereocenters. The van der Waals surface area contributed by atoms with Gasteiger partial charge < -0.3 is 15.1 Å². The van der Waals surface area contributed by atoms with Gasteiger partial charge in [0.2, 0.25) is 5.91 Å². The molecule has 0 fully saturated rings. The molecule has 7 heteroatoms. The fraction of sp³-hybridized carbons (Fsp3) is 0.375. The summed E-state index contributed by atoms with van der Waals surface area (Å²) in [7, 11) is 0. The summed E-state index contributed by atoms with van der Waals surface area (Å²) in [6, 6.07) is 15.4. The molecular weight excluding hydrogens is 396 g/mol. The van der Waals surface area contributed by atoms with Crippen molar-refractivity contribution in [2.75, 3.05) is 6.54 Å². The molecule has 0 bridgehead atoms. The number of aliphatic carboxylic acids is 2. The van der Waals surface area contributed by atoms with Crippen LogP contribution in [0, 0.1) is 0 Å². The van der Waals surface area contributed by atoms with E-state index < -0.39 is 36.5 Å². The first-order valence-corrected chi connectivity index (χ1v) is 10.5. The van der Waals surface area contributed by atoms with E-state index in [1.54, 1.807) is 6.92 Å². The highest BCUT2D eigenvalue weighted by atomic mass is 16.4. The van der Waals surface area contributed by atoms with Crippen molar-refractivity contribution in [1.29, 1.82) is 0 Å². The van der Waals surface area contributed by atoms with Crippen LogP contribution in [0.2, 0.25) is 0 Å². The number of nitrogens with zero attached hydrogens (tertiary/aromatic N) is 1. The molecular formula is C24H28N2O5. The quantitative estimate of drug-likeness (QED) is 0.539. The fourth-order valence-corrected chi connectivity index (χ4v) is 4.14. The monoisotopic (exact) mass is 424 g/mol. The molecule has 3 N–H and O–H groups in total. The minimum absolute atomic E-state index is 0.252. The van der Waals surface area contributed by atoms with E-state index in [1.807, 2.05) is 54.6 Å². The van der Waals surface area contributed by atoms with Crippen LogP contribution < -0.4 is 5.32 Å². The van der Waals surface area contributed by atoms with Crippen molar-refractivity contribution in [2.45, 2.75) is 50.7 Å². The van der Waals surface area contributed by atoms with E-state index in [0.29, 0.717) is 25.7 Å². The van der Waals surface area contributed by atoms with Crippen LogP contribution in [0.5, 0.6) is 0 Å². The number of fused-ring (bicyclic) bond motifs is 1. The molecule has 1 aliphatic rings. The Labute approximate surface area is 181 Å². The van der Waals surface area contributed by atoms with Crippen molar-refractivity contribution in [3.05, 3.63) is 71.3 Å². The topological polar surface area (TPSA) is 107 Å². The van der Waals surface area contributed by atoms with E-state index in [-0.39, 0.29) is 6.04 Å². The van der Waals surface area contributed by atoms with Gasteiger partial charge in [-0.15, -0.1) is 0 Å². The van der Waals surface area contributed by atoms with Gasteiger partial charge in [0.1, 0.15) is 12.6 Å². The SMILES string of the molecule is C[C@H](NC(CCc1ccccc1)C(=O)O)C(=O)N(CC(=O)O)C1Cc2ccccc2C1. The Morgan fingerprint density at radius 2 is 1.58 bits per heavy atom. The van der Waals surface area contributed by atoms with Crippen LogP contribution in [0.15, 0.2) is 54.6 Å². The predicted octanol–water partition coefficient (Wildman–Crippen LogP) is 2.13. The lowest BCUT2D eigenvalue weighted by atomic mass is 10.0. The second-order valence-corrected chi connectivity index (χ2v) is 7.99. The molecule has 0 aliphatic heterocycles. The van der Waals surface area contributed by atoms with Gasteiger partial charge in [-0.2, -0.15) is 0 Å². The van der Waals surface area contributed by atoms with Gasteiger partial charge in [0.05, 0.1) is 6.04 Å². The molecule has 0 saturated heterocycles. The summed E-state index contributed by atoms with van der Waals surface area (Å²) < 4.78 is 0. The first-order chi connectivity index (χ1) is 14.8.